The van der Waals surface area contributed by atoms with Crippen molar-refractivity contribution in [1.82, 2.24) is 9.55 Å². The van der Waals surface area contributed by atoms with Gasteiger partial charge < -0.3 is 4.42 Å². The lowest BCUT2D eigenvalue weighted by Gasteiger charge is -2.13. The van der Waals surface area contributed by atoms with Crippen LogP contribution in [0.25, 0.3) is 82.4 Å². The van der Waals surface area contributed by atoms with Crippen LogP contribution in [0.4, 0.5) is 0 Å². The van der Waals surface area contributed by atoms with Gasteiger partial charge in [-0.2, -0.15) is 0 Å². The fourth-order valence-electron chi connectivity index (χ4n) is 6.42. The summed E-state index contributed by atoms with van der Waals surface area (Å²) in [5.41, 5.74) is 7.23. The van der Waals surface area contributed by atoms with Gasteiger partial charge in [-0.15, -0.1) is 0 Å². The van der Waals surface area contributed by atoms with Gasteiger partial charge in [-0.3, -0.25) is 4.57 Å². The molecule has 0 radical (unpaired) electrons. The molecule has 0 aliphatic rings. The lowest BCUT2D eigenvalue weighted by atomic mass is 10.0. The molecule has 0 aliphatic heterocycles. The van der Waals surface area contributed by atoms with E-state index in [0.29, 0.717) is 0 Å². The normalized spacial score (nSPS) is 12.0. The van der Waals surface area contributed by atoms with Crippen LogP contribution in [0.3, 0.4) is 0 Å². The molecule has 3 heterocycles. The summed E-state index contributed by atoms with van der Waals surface area (Å²) < 4.78 is 9.01. The van der Waals surface area contributed by atoms with Crippen LogP contribution in [-0.2, 0) is 0 Å². The Kier molecular flexibility index (Phi) is 4.33. The monoisotopic (exact) mass is 510 g/mol. The molecular weight excluding hydrogens is 488 g/mol. The van der Waals surface area contributed by atoms with Crippen molar-refractivity contribution in [3.8, 4) is 16.9 Å². The molecule has 0 N–H and O–H groups in total. The highest BCUT2D eigenvalue weighted by Gasteiger charge is 2.21. The van der Waals surface area contributed by atoms with Crippen molar-refractivity contribution >= 4 is 65.4 Å². The summed E-state index contributed by atoms with van der Waals surface area (Å²) in [5, 5.41) is 8.16. The van der Waals surface area contributed by atoms with Crippen molar-refractivity contribution in [2.45, 2.75) is 0 Å². The van der Waals surface area contributed by atoms with Gasteiger partial charge in [0.25, 0.3) is 0 Å². The Morgan fingerprint density at radius 1 is 0.550 bits per heavy atom. The van der Waals surface area contributed by atoms with Crippen molar-refractivity contribution < 1.29 is 4.42 Å². The first-order valence-electron chi connectivity index (χ1n) is 13.6. The second-order valence-electron chi connectivity index (χ2n) is 10.4. The van der Waals surface area contributed by atoms with Crippen LogP contribution in [0.2, 0.25) is 0 Å². The molecule has 0 spiro atoms. The molecule has 0 amide bonds. The van der Waals surface area contributed by atoms with E-state index < -0.39 is 0 Å². The SMILES string of the molecule is c1ccc(-c2cc(-n3c4ccccc4c4ccc5c(oc6ccc7ccccc7c65)c43)nc3ccccc23)cc1. The fourth-order valence-corrected chi connectivity index (χ4v) is 6.42. The van der Waals surface area contributed by atoms with E-state index in [1.165, 1.54) is 21.7 Å². The lowest BCUT2D eigenvalue weighted by molar-refractivity contribution is 0.671. The topological polar surface area (TPSA) is 31.0 Å². The number of para-hydroxylation sites is 2. The average Bonchev–Trinajstić information content (AvgIpc) is 3.57. The number of pyridine rings is 1. The lowest BCUT2D eigenvalue weighted by Crippen LogP contribution is -1.99. The summed E-state index contributed by atoms with van der Waals surface area (Å²) in [7, 11) is 0. The third kappa shape index (κ3) is 2.92. The zero-order chi connectivity index (χ0) is 26.2. The number of furan rings is 1. The number of fused-ring (bicyclic) bond motifs is 10. The van der Waals surface area contributed by atoms with E-state index in [1.807, 2.05) is 0 Å². The van der Waals surface area contributed by atoms with Crippen LogP contribution >= 0.6 is 0 Å². The minimum atomic E-state index is 0.876. The Hall–Kier alpha value is -5.41. The zero-order valence-corrected chi connectivity index (χ0v) is 21.5. The van der Waals surface area contributed by atoms with Gasteiger partial charge in [-0.05, 0) is 52.2 Å². The molecule has 6 aromatic carbocycles. The van der Waals surface area contributed by atoms with Crippen LogP contribution in [0.1, 0.15) is 0 Å². The van der Waals surface area contributed by atoms with Gasteiger partial charge >= 0.3 is 0 Å². The molecule has 0 atom stereocenters. The van der Waals surface area contributed by atoms with Gasteiger partial charge in [0.2, 0.25) is 0 Å². The van der Waals surface area contributed by atoms with Crippen LogP contribution in [-0.4, -0.2) is 9.55 Å². The average molecular weight is 511 g/mol. The minimum absolute atomic E-state index is 0.876. The summed E-state index contributed by atoms with van der Waals surface area (Å²) in [6.07, 6.45) is 0. The van der Waals surface area contributed by atoms with Crippen LogP contribution in [0.5, 0.6) is 0 Å². The van der Waals surface area contributed by atoms with Crippen molar-refractivity contribution in [3.63, 3.8) is 0 Å². The van der Waals surface area contributed by atoms with E-state index in [2.05, 4.69) is 138 Å². The summed E-state index contributed by atoms with van der Waals surface area (Å²) in [6, 6.07) is 47.0. The van der Waals surface area contributed by atoms with Crippen molar-refractivity contribution in [3.05, 3.63) is 133 Å². The Balaban J connectivity index is 1.47. The maximum Gasteiger partial charge on any atom is 0.160 e. The highest BCUT2D eigenvalue weighted by molar-refractivity contribution is 6.26. The molecule has 40 heavy (non-hydrogen) atoms. The van der Waals surface area contributed by atoms with Gasteiger partial charge in [-0.1, -0.05) is 103 Å². The summed E-state index contributed by atoms with van der Waals surface area (Å²) in [4.78, 5) is 5.24. The third-order valence-corrected chi connectivity index (χ3v) is 8.18. The highest BCUT2D eigenvalue weighted by Crippen LogP contribution is 2.42. The van der Waals surface area contributed by atoms with Crippen molar-refractivity contribution in [2.24, 2.45) is 0 Å². The van der Waals surface area contributed by atoms with E-state index >= 15 is 0 Å². The molecule has 186 valence electrons. The molecule has 0 saturated heterocycles. The molecule has 9 aromatic rings. The van der Waals surface area contributed by atoms with E-state index in [4.69, 9.17) is 9.40 Å². The van der Waals surface area contributed by atoms with E-state index in [0.717, 1.165) is 60.6 Å². The fraction of sp³-hybridized carbons (Fsp3) is 0. The van der Waals surface area contributed by atoms with Crippen LogP contribution < -0.4 is 0 Å². The smallest absolute Gasteiger partial charge is 0.160 e. The molecule has 0 aliphatic carbocycles. The van der Waals surface area contributed by atoms with E-state index in [9.17, 15) is 0 Å². The van der Waals surface area contributed by atoms with Crippen molar-refractivity contribution in [1.29, 1.82) is 0 Å². The predicted molar refractivity (Wildman–Crippen MR) is 166 cm³/mol. The molecular formula is C37H22N2O. The van der Waals surface area contributed by atoms with Gasteiger partial charge in [-0.25, -0.2) is 4.98 Å². The quantitative estimate of drug-likeness (QED) is 0.232. The Morgan fingerprint density at radius 2 is 1.27 bits per heavy atom. The number of hydrogen-bond donors (Lipinski definition) is 0. The maximum absolute atomic E-state index is 6.72. The Labute approximate surface area is 229 Å². The standard InChI is InChI=1S/C37H22N2O/c1-2-10-23(11-3-1)30-22-34(38-31-16-8-6-14-26(30)31)39-32-17-9-7-15-27(32)28-19-20-29-35-25-13-5-4-12-24(25)18-21-33(35)40-37(29)36(28)39/h1-22H. The van der Waals surface area contributed by atoms with Gasteiger partial charge in [0.15, 0.2) is 5.58 Å². The molecule has 0 fully saturated rings. The summed E-state index contributed by atoms with van der Waals surface area (Å²) in [6.45, 7) is 0. The van der Waals surface area contributed by atoms with Crippen molar-refractivity contribution in [2.75, 3.05) is 0 Å². The van der Waals surface area contributed by atoms with Gasteiger partial charge in [0.05, 0.1) is 16.6 Å². The number of hydrogen-bond acceptors (Lipinski definition) is 2. The van der Waals surface area contributed by atoms with E-state index in [-0.39, 0.29) is 0 Å². The maximum atomic E-state index is 6.72. The first-order valence-corrected chi connectivity index (χ1v) is 13.6. The van der Waals surface area contributed by atoms with Crippen LogP contribution in [0.15, 0.2) is 138 Å². The molecule has 3 heteroatoms. The number of benzene rings is 6. The Morgan fingerprint density at radius 3 is 2.17 bits per heavy atom. The molecule has 9 rings (SSSR count). The first-order chi connectivity index (χ1) is 19.8. The number of nitrogens with zero attached hydrogens (tertiary/aromatic N) is 2. The third-order valence-electron chi connectivity index (χ3n) is 8.18. The second-order valence-corrected chi connectivity index (χ2v) is 10.4. The first kappa shape index (κ1) is 21.5. The van der Waals surface area contributed by atoms with Gasteiger partial charge in [0.1, 0.15) is 11.4 Å². The Bertz CT molecular complexity index is 2430. The minimum Gasteiger partial charge on any atom is -0.454 e. The summed E-state index contributed by atoms with van der Waals surface area (Å²) >= 11 is 0. The largest absolute Gasteiger partial charge is 0.454 e. The summed E-state index contributed by atoms with van der Waals surface area (Å²) in [5.74, 6) is 0.876. The molecule has 0 bridgehead atoms. The second kappa shape index (κ2) is 8.05. The van der Waals surface area contributed by atoms with E-state index in [1.54, 1.807) is 0 Å². The molecule has 0 unspecified atom stereocenters. The molecule has 3 aromatic heterocycles. The highest BCUT2D eigenvalue weighted by atomic mass is 16.3. The molecule has 3 nitrogen and oxygen atoms in total. The van der Waals surface area contributed by atoms with Crippen LogP contribution in [0, 0.1) is 0 Å². The van der Waals surface area contributed by atoms with Gasteiger partial charge in [0, 0.05) is 26.9 Å². The number of aromatic nitrogens is 2. The zero-order valence-electron chi connectivity index (χ0n) is 21.5. The molecule has 0 saturated carbocycles. The predicted octanol–water partition coefficient (Wildman–Crippen LogP) is 10.1. The number of rotatable bonds is 2.